The summed E-state index contributed by atoms with van der Waals surface area (Å²) in [6, 6.07) is 0. The van der Waals surface area contributed by atoms with Gasteiger partial charge in [0.2, 0.25) is 0 Å². The first-order chi connectivity index (χ1) is 21.9. The number of aliphatic hydroxyl groups is 10. The van der Waals surface area contributed by atoms with Crippen molar-refractivity contribution in [1.82, 2.24) is 0 Å². The van der Waals surface area contributed by atoms with Gasteiger partial charge in [-0.15, -0.1) is 0 Å². The predicted octanol–water partition coefficient (Wildman–Crippen LogP) is -7.02. The molecule has 6 rings (SSSR count). The van der Waals surface area contributed by atoms with Gasteiger partial charge in [0.05, 0.1) is 26.4 Å². The average Bonchev–Trinajstić information content (AvgIpc) is 3.52. The van der Waals surface area contributed by atoms with E-state index in [-0.39, 0.29) is 13.2 Å². The van der Waals surface area contributed by atoms with Crippen molar-refractivity contribution in [1.29, 1.82) is 0 Å². The molecular weight excluding hydrogens is 634 g/mol. The summed E-state index contributed by atoms with van der Waals surface area (Å²) in [6.07, 6.45) is -28.6. The van der Waals surface area contributed by atoms with E-state index in [1.54, 1.807) is 0 Å². The van der Waals surface area contributed by atoms with Crippen LogP contribution in [0.2, 0.25) is 0 Å². The third-order valence-corrected chi connectivity index (χ3v) is 8.98. The van der Waals surface area contributed by atoms with Crippen molar-refractivity contribution in [3.8, 4) is 0 Å². The standard InChI is InChI=1S/C24H37N3O19/c25-27-26-24(20(36)11(32)9(30)6(2-29)45-24)46-16-8-4-39-19(16)14(35)23(42-8)44-17-10(31)5(1-28)41-22(13(17)34)43-15-7-3-38-18(15)12(33)21(37)40-7/h5-23,28-37H,1-4H2/t5-,6-,7+,8+,9+,10-,11+,12+,13-,14+,15+,16+,17+,18+,19+,20-,21-,22+,23+,24+/m1/s1. The van der Waals surface area contributed by atoms with Crippen molar-refractivity contribution in [2.45, 2.75) is 122 Å². The van der Waals surface area contributed by atoms with Gasteiger partial charge in [0.1, 0.15) is 97.7 Å². The average molecular weight is 672 g/mol. The second kappa shape index (κ2) is 13.5. The van der Waals surface area contributed by atoms with E-state index < -0.39 is 136 Å². The molecule has 20 atom stereocenters. The van der Waals surface area contributed by atoms with E-state index in [9.17, 15) is 51.1 Å². The fourth-order valence-electron chi connectivity index (χ4n) is 6.50. The lowest BCUT2D eigenvalue weighted by Crippen LogP contribution is -2.68. The minimum atomic E-state index is -2.70. The maximum atomic E-state index is 11.2. The Morgan fingerprint density at radius 2 is 1.28 bits per heavy atom. The minimum Gasteiger partial charge on any atom is -0.394 e. The maximum absolute atomic E-state index is 11.2. The topological polar surface area (TPSA) is 334 Å². The van der Waals surface area contributed by atoms with Crippen molar-refractivity contribution >= 4 is 0 Å². The molecule has 0 aromatic rings. The molecule has 0 unspecified atom stereocenters. The Hall–Kier alpha value is -1.45. The molecule has 22 heteroatoms. The molecule has 262 valence electrons. The number of azide groups is 1. The third-order valence-electron chi connectivity index (χ3n) is 8.98. The lowest BCUT2D eigenvalue weighted by Gasteiger charge is -2.49. The second-order valence-corrected chi connectivity index (χ2v) is 11.8. The largest absolute Gasteiger partial charge is 0.394 e. The number of hydrogen-bond acceptors (Lipinski definition) is 20. The molecule has 22 nitrogen and oxygen atoms in total. The van der Waals surface area contributed by atoms with Crippen molar-refractivity contribution in [2.24, 2.45) is 5.11 Å². The minimum absolute atomic E-state index is 0.0460. The van der Waals surface area contributed by atoms with E-state index in [1.807, 2.05) is 0 Å². The van der Waals surface area contributed by atoms with Crippen LogP contribution in [0.25, 0.3) is 10.4 Å². The summed E-state index contributed by atoms with van der Waals surface area (Å²) >= 11 is 0. The van der Waals surface area contributed by atoms with Crippen LogP contribution in [0.1, 0.15) is 0 Å². The van der Waals surface area contributed by atoms with Gasteiger partial charge in [0.25, 0.3) is 5.91 Å². The second-order valence-electron chi connectivity index (χ2n) is 11.8. The van der Waals surface area contributed by atoms with Gasteiger partial charge in [-0.05, 0) is 10.6 Å². The van der Waals surface area contributed by atoms with Gasteiger partial charge in [-0.2, -0.15) is 0 Å². The zero-order valence-electron chi connectivity index (χ0n) is 23.8. The van der Waals surface area contributed by atoms with E-state index >= 15 is 0 Å². The number of hydrogen-bond donors (Lipinski definition) is 10. The molecule has 4 bridgehead atoms. The van der Waals surface area contributed by atoms with Crippen molar-refractivity contribution in [2.75, 3.05) is 26.4 Å². The Bertz CT molecular complexity index is 1120. The molecule has 0 aliphatic carbocycles. The molecule has 0 amide bonds. The number of nitrogens with zero attached hydrogens (tertiary/aromatic N) is 3. The zero-order chi connectivity index (χ0) is 33.1. The highest BCUT2D eigenvalue weighted by atomic mass is 16.8. The van der Waals surface area contributed by atoms with Gasteiger partial charge in [0.15, 0.2) is 18.9 Å². The number of rotatable bonds is 9. The van der Waals surface area contributed by atoms with E-state index in [2.05, 4.69) is 10.0 Å². The molecular formula is C24H37N3O19. The number of ether oxygens (including phenoxy) is 9. The Morgan fingerprint density at radius 1 is 0.674 bits per heavy atom. The Balaban J connectivity index is 1.16. The predicted molar refractivity (Wildman–Crippen MR) is 135 cm³/mol. The molecule has 0 aromatic heterocycles. The quantitative estimate of drug-likeness (QED) is 0.0618. The van der Waals surface area contributed by atoms with Crippen LogP contribution in [0.15, 0.2) is 5.11 Å². The van der Waals surface area contributed by atoms with Gasteiger partial charge >= 0.3 is 0 Å². The molecule has 46 heavy (non-hydrogen) atoms. The fourth-order valence-corrected chi connectivity index (χ4v) is 6.50. The van der Waals surface area contributed by atoms with E-state index in [4.69, 9.17) is 48.2 Å². The highest BCUT2D eigenvalue weighted by Gasteiger charge is 2.62. The van der Waals surface area contributed by atoms with Crippen molar-refractivity contribution in [3.63, 3.8) is 0 Å². The van der Waals surface area contributed by atoms with E-state index in [0.29, 0.717) is 0 Å². The molecule has 10 N–H and O–H groups in total. The molecule has 6 aliphatic rings. The number of fused-ring (bicyclic) bond motifs is 4. The van der Waals surface area contributed by atoms with Crippen LogP contribution in [0.5, 0.6) is 0 Å². The Kier molecular flexibility index (Phi) is 10.1. The van der Waals surface area contributed by atoms with Crippen LogP contribution in [-0.4, -0.2) is 200 Å². The van der Waals surface area contributed by atoms with Crippen molar-refractivity contribution in [3.05, 3.63) is 10.4 Å². The van der Waals surface area contributed by atoms with Crippen LogP contribution in [0, 0.1) is 0 Å². The van der Waals surface area contributed by atoms with Crippen LogP contribution < -0.4 is 0 Å². The first-order valence-electron chi connectivity index (χ1n) is 14.5. The van der Waals surface area contributed by atoms with E-state index in [0.717, 1.165) is 0 Å². The lowest BCUT2D eigenvalue weighted by molar-refractivity contribution is -0.397. The van der Waals surface area contributed by atoms with Gasteiger partial charge < -0.3 is 93.7 Å². The molecule has 6 aliphatic heterocycles. The highest BCUT2D eigenvalue weighted by Crippen LogP contribution is 2.41. The van der Waals surface area contributed by atoms with E-state index in [1.165, 1.54) is 0 Å². The summed E-state index contributed by atoms with van der Waals surface area (Å²) in [5.74, 6) is -2.70. The normalized spacial score (nSPS) is 55.2. The van der Waals surface area contributed by atoms with Crippen molar-refractivity contribution < 1.29 is 93.7 Å². The third kappa shape index (κ3) is 5.80. The Morgan fingerprint density at radius 3 is 1.93 bits per heavy atom. The first kappa shape index (κ1) is 34.4. The molecule has 6 fully saturated rings. The SMILES string of the molecule is [N-]=[N+]=N[C@]1(O[C@@H]2[C@H]3OC[C@@H]2O[C@@H](O[C@@H]2[C@@H](O)[C@H](O[C@@H]4[C@H]5OC[C@@H]4O[C@@H](O)[C@H]5O)O[C@H](CO)[C@H]2O)[C@H]3O)O[C@H](CO)[C@H](O)[C@H](O)[C@H]1O. The molecule has 6 heterocycles. The highest BCUT2D eigenvalue weighted by molar-refractivity contribution is 5.03. The van der Waals surface area contributed by atoms with Gasteiger partial charge in [-0.1, -0.05) is 0 Å². The first-order valence-corrected chi connectivity index (χ1v) is 14.5. The van der Waals surface area contributed by atoms with Crippen LogP contribution >= 0.6 is 0 Å². The summed E-state index contributed by atoms with van der Waals surface area (Å²) in [6.45, 7) is -1.90. The molecule has 0 spiro atoms. The van der Waals surface area contributed by atoms with Crippen LogP contribution in [0.3, 0.4) is 0 Å². The van der Waals surface area contributed by atoms with Crippen LogP contribution in [0.4, 0.5) is 0 Å². The summed E-state index contributed by atoms with van der Waals surface area (Å²) in [5.41, 5.74) is 9.16. The summed E-state index contributed by atoms with van der Waals surface area (Å²) in [7, 11) is 0. The zero-order valence-corrected chi connectivity index (χ0v) is 23.8. The van der Waals surface area contributed by atoms with Crippen LogP contribution in [-0.2, 0) is 42.6 Å². The Labute approximate surface area is 258 Å². The fraction of sp³-hybridized carbons (Fsp3) is 1.00. The molecule has 0 saturated carbocycles. The van der Waals surface area contributed by atoms with Gasteiger partial charge in [0, 0.05) is 4.91 Å². The van der Waals surface area contributed by atoms with Gasteiger partial charge in [-0.25, -0.2) is 0 Å². The molecule has 0 aromatic carbocycles. The summed E-state index contributed by atoms with van der Waals surface area (Å²) in [4.78, 5) is 2.59. The molecule has 6 saturated heterocycles. The summed E-state index contributed by atoms with van der Waals surface area (Å²) < 4.78 is 50.4. The smallest absolute Gasteiger partial charge is 0.279 e. The summed E-state index contributed by atoms with van der Waals surface area (Å²) in [5, 5.41) is 107. The monoisotopic (exact) mass is 671 g/mol. The molecule has 0 radical (unpaired) electrons. The van der Waals surface area contributed by atoms with Gasteiger partial charge in [-0.3, -0.25) is 0 Å². The number of aliphatic hydroxyl groups excluding tert-OH is 10. The maximum Gasteiger partial charge on any atom is 0.279 e. The lowest BCUT2D eigenvalue weighted by atomic mass is 9.95.